The van der Waals surface area contributed by atoms with E-state index < -0.39 is 0 Å². The molecule has 1 aliphatic rings. The van der Waals surface area contributed by atoms with E-state index in [4.69, 9.17) is 4.74 Å². The lowest BCUT2D eigenvalue weighted by atomic mass is 10.1. The number of thioether (sulfide) groups is 1. The molecule has 0 bridgehead atoms. The van der Waals surface area contributed by atoms with Crippen molar-refractivity contribution in [1.29, 1.82) is 0 Å². The van der Waals surface area contributed by atoms with Crippen LogP contribution in [-0.2, 0) is 9.53 Å². The molecule has 7 nitrogen and oxygen atoms in total. The first-order valence-corrected chi connectivity index (χ1v) is 11.5. The summed E-state index contributed by atoms with van der Waals surface area (Å²) in [6.07, 6.45) is 1.43. The maximum Gasteiger partial charge on any atom is 0.262 e. The number of aromatic nitrogens is 2. The second-order valence-electron chi connectivity index (χ2n) is 7.80. The Morgan fingerprint density at radius 1 is 1.16 bits per heavy atom. The Morgan fingerprint density at radius 2 is 1.91 bits per heavy atom. The Balaban J connectivity index is 1.55. The second-order valence-corrected chi connectivity index (χ2v) is 8.74. The van der Waals surface area contributed by atoms with Crippen LogP contribution in [0, 0.1) is 0 Å². The predicted molar refractivity (Wildman–Crippen MR) is 126 cm³/mol. The average molecular weight is 452 g/mol. The third-order valence-corrected chi connectivity index (χ3v) is 6.48. The van der Waals surface area contributed by atoms with Gasteiger partial charge in [-0.25, -0.2) is 4.98 Å². The highest BCUT2D eigenvalue weighted by Gasteiger charge is 2.22. The molecule has 0 radical (unpaired) electrons. The number of benzene rings is 2. The summed E-state index contributed by atoms with van der Waals surface area (Å²) in [7, 11) is 1.59. The van der Waals surface area contributed by atoms with Gasteiger partial charge in [-0.05, 0) is 49.7 Å². The van der Waals surface area contributed by atoms with Crippen molar-refractivity contribution in [1.82, 2.24) is 9.55 Å². The summed E-state index contributed by atoms with van der Waals surface area (Å²) in [5.41, 5.74) is 1.84. The zero-order valence-electron chi connectivity index (χ0n) is 18.1. The van der Waals surface area contributed by atoms with Crippen LogP contribution in [0.4, 0.5) is 5.69 Å². The van der Waals surface area contributed by atoms with Crippen molar-refractivity contribution in [3.05, 3.63) is 64.4 Å². The van der Waals surface area contributed by atoms with Crippen LogP contribution in [0.25, 0.3) is 10.9 Å². The van der Waals surface area contributed by atoms with E-state index in [1.54, 1.807) is 40.8 Å². The first kappa shape index (κ1) is 22.2. The topological polar surface area (TPSA) is 81.5 Å². The van der Waals surface area contributed by atoms with Crippen molar-refractivity contribution in [2.75, 3.05) is 30.9 Å². The lowest BCUT2D eigenvalue weighted by Crippen LogP contribution is -2.28. The molecular weight excluding hydrogens is 426 g/mol. The fourth-order valence-electron chi connectivity index (χ4n) is 3.89. The molecule has 0 saturated carbocycles. The highest BCUT2D eigenvalue weighted by atomic mass is 32.2. The van der Waals surface area contributed by atoms with Gasteiger partial charge in [0.2, 0.25) is 5.91 Å². The molecule has 1 atom stereocenters. The summed E-state index contributed by atoms with van der Waals surface area (Å²) in [4.78, 5) is 44.3. The molecule has 1 amide bonds. The molecule has 0 unspecified atom stereocenters. The first-order valence-electron chi connectivity index (χ1n) is 10.6. The number of carbonyl (C=O) groups is 2. The van der Waals surface area contributed by atoms with Gasteiger partial charge in [0.05, 0.1) is 29.3 Å². The number of Topliss-reactive ketones (excluding diaryl/α,β-unsaturated/α-hetero) is 1. The van der Waals surface area contributed by atoms with Crippen LogP contribution in [0.15, 0.2) is 58.5 Å². The fraction of sp³-hybridized carbons (Fsp3) is 0.333. The van der Waals surface area contributed by atoms with E-state index in [0.717, 1.165) is 12.1 Å². The Kier molecular flexibility index (Phi) is 6.72. The molecule has 3 aromatic rings. The molecular formula is C24H25N3O4S. The summed E-state index contributed by atoms with van der Waals surface area (Å²) >= 11 is 1.25. The Labute approximate surface area is 190 Å². The number of nitrogens with zero attached hydrogens (tertiary/aromatic N) is 3. The minimum atomic E-state index is -0.223. The summed E-state index contributed by atoms with van der Waals surface area (Å²) in [5, 5.41) is 1.03. The van der Waals surface area contributed by atoms with Crippen molar-refractivity contribution in [3.63, 3.8) is 0 Å². The molecule has 4 rings (SSSR count). The van der Waals surface area contributed by atoms with E-state index in [1.807, 2.05) is 31.2 Å². The molecule has 166 valence electrons. The zero-order chi connectivity index (χ0) is 22.7. The standard InChI is InChI=1S/C24H25N3O4S/c1-16(14-31-2)27-23(30)19-6-3-4-7-20(19)25-24(27)32-15-21(28)17-9-11-18(12-10-17)26-13-5-8-22(26)29/h3-4,6-7,9-12,16H,5,8,13-15H2,1-2H3/t16-/m1/s1. The highest BCUT2D eigenvalue weighted by Crippen LogP contribution is 2.24. The lowest BCUT2D eigenvalue weighted by Gasteiger charge is -2.19. The van der Waals surface area contributed by atoms with Crippen LogP contribution >= 0.6 is 11.8 Å². The van der Waals surface area contributed by atoms with Crippen molar-refractivity contribution in [2.45, 2.75) is 31.0 Å². The number of hydrogen-bond donors (Lipinski definition) is 0. The van der Waals surface area contributed by atoms with E-state index >= 15 is 0 Å². The van der Waals surface area contributed by atoms with Gasteiger partial charge in [-0.2, -0.15) is 0 Å². The van der Waals surface area contributed by atoms with E-state index in [0.29, 0.717) is 41.2 Å². The maximum absolute atomic E-state index is 13.1. The number of para-hydroxylation sites is 1. The predicted octanol–water partition coefficient (Wildman–Crippen LogP) is 3.71. The number of ether oxygens (including phenoxy) is 1. The molecule has 2 heterocycles. The largest absolute Gasteiger partial charge is 0.383 e. The van der Waals surface area contributed by atoms with Crippen LogP contribution < -0.4 is 10.5 Å². The number of rotatable bonds is 8. The van der Waals surface area contributed by atoms with E-state index in [2.05, 4.69) is 4.98 Å². The monoisotopic (exact) mass is 451 g/mol. The Hall–Kier alpha value is -2.97. The third kappa shape index (κ3) is 4.47. The van der Waals surface area contributed by atoms with Crippen LogP contribution in [-0.4, -0.2) is 47.3 Å². The van der Waals surface area contributed by atoms with E-state index in [-0.39, 0.29) is 29.0 Å². The molecule has 0 N–H and O–H groups in total. The number of amides is 1. The molecule has 32 heavy (non-hydrogen) atoms. The Morgan fingerprint density at radius 3 is 2.59 bits per heavy atom. The molecule has 2 aromatic carbocycles. The van der Waals surface area contributed by atoms with Crippen molar-refractivity contribution >= 4 is 40.0 Å². The van der Waals surface area contributed by atoms with Crippen LogP contribution in [0.1, 0.15) is 36.2 Å². The number of fused-ring (bicyclic) bond motifs is 1. The van der Waals surface area contributed by atoms with Gasteiger partial charge in [0.25, 0.3) is 5.56 Å². The van der Waals surface area contributed by atoms with Gasteiger partial charge in [0, 0.05) is 31.3 Å². The molecule has 1 fully saturated rings. The number of hydrogen-bond acceptors (Lipinski definition) is 6. The lowest BCUT2D eigenvalue weighted by molar-refractivity contribution is -0.117. The quantitative estimate of drug-likeness (QED) is 0.295. The average Bonchev–Trinajstić information content (AvgIpc) is 3.23. The van der Waals surface area contributed by atoms with Gasteiger partial charge in [0.15, 0.2) is 10.9 Å². The summed E-state index contributed by atoms with van der Waals surface area (Å²) in [5.74, 6) is 0.194. The summed E-state index contributed by atoms with van der Waals surface area (Å²) in [6, 6.07) is 14.1. The first-order chi connectivity index (χ1) is 15.5. The number of ketones is 1. The van der Waals surface area contributed by atoms with Crippen molar-refractivity contribution < 1.29 is 14.3 Å². The highest BCUT2D eigenvalue weighted by molar-refractivity contribution is 7.99. The van der Waals surface area contributed by atoms with E-state index in [9.17, 15) is 14.4 Å². The molecule has 8 heteroatoms. The summed E-state index contributed by atoms with van der Waals surface area (Å²) in [6.45, 7) is 2.97. The minimum Gasteiger partial charge on any atom is -0.383 e. The van der Waals surface area contributed by atoms with Crippen LogP contribution in [0.3, 0.4) is 0 Å². The number of anilines is 1. The van der Waals surface area contributed by atoms with Gasteiger partial charge in [-0.1, -0.05) is 23.9 Å². The SMILES string of the molecule is COC[C@@H](C)n1c(SCC(=O)c2ccc(N3CCCC3=O)cc2)nc2ccccc2c1=O. The van der Waals surface area contributed by atoms with Crippen LogP contribution in [0.2, 0.25) is 0 Å². The Bertz CT molecular complexity index is 1210. The molecule has 0 aliphatic carbocycles. The van der Waals surface area contributed by atoms with Crippen molar-refractivity contribution in [2.24, 2.45) is 0 Å². The summed E-state index contributed by atoms with van der Waals surface area (Å²) < 4.78 is 6.85. The number of methoxy groups -OCH3 is 1. The van der Waals surface area contributed by atoms with Gasteiger partial charge in [0.1, 0.15) is 0 Å². The molecule has 1 aromatic heterocycles. The van der Waals surface area contributed by atoms with Gasteiger partial charge < -0.3 is 9.64 Å². The van der Waals surface area contributed by atoms with E-state index in [1.165, 1.54) is 11.8 Å². The third-order valence-electron chi connectivity index (χ3n) is 5.53. The number of carbonyl (C=O) groups excluding carboxylic acids is 2. The van der Waals surface area contributed by atoms with Crippen LogP contribution in [0.5, 0.6) is 0 Å². The molecule has 1 saturated heterocycles. The molecule has 0 spiro atoms. The van der Waals surface area contributed by atoms with Crippen molar-refractivity contribution in [3.8, 4) is 0 Å². The zero-order valence-corrected chi connectivity index (χ0v) is 18.9. The maximum atomic E-state index is 13.1. The van der Waals surface area contributed by atoms with Gasteiger partial charge >= 0.3 is 0 Å². The van der Waals surface area contributed by atoms with Gasteiger partial charge in [-0.15, -0.1) is 0 Å². The smallest absolute Gasteiger partial charge is 0.262 e. The van der Waals surface area contributed by atoms with Gasteiger partial charge in [-0.3, -0.25) is 19.0 Å². The minimum absolute atomic E-state index is 0.0670. The fourth-order valence-corrected chi connectivity index (χ4v) is 4.89. The normalized spacial score (nSPS) is 14.8. The molecule has 1 aliphatic heterocycles. The second kappa shape index (κ2) is 9.67.